The van der Waals surface area contributed by atoms with Gasteiger partial charge in [0.2, 0.25) is 11.8 Å². The van der Waals surface area contributed by atoms with Crippen LogP contribution in [0.3, 0.4) is 0 Å². The highest BCUT2D eigenvalue weighted by Crippen LogP contribution is 2.36. The molecule has 0 bridgehead atoms. The van der Waals surface area contributed by atoms with Gasteiger partial charge < -0.3 is 9.80 Å². The Labute approximate surface area is 236 Å². The van der Waals surface area contributed by atoms with Crippen LogP contribution in [-0.2, 0) is 9.59 Å². The number of hydrogen-bond donors (Lipinski definition) is 0. The van der Waals surface area contributed by atoms with Crippen molar-refractivity contribution < 1.29 is 9.59 Å². The Balaban J connectivity index is 1.39. The van der Waals surface area contributed by atoms with Crippen LogP contribution in [0.25, 0.3) is 10.9 Å². The van der Waals surface area contributed by atoms with Crippen LogP contribution in [0.5, 0.6) is 0 Å². The van der Waals surface area contributed by atoms with Crippen LogP contribution < -0.4 is 0 Å². The molecule has 3 aromatic rings. The van der Waals surface area contributed by atoms with Crippen molar-refractivity contribution in [2.75, 3.05) is 32.7 Å². The fourth-order valence-electron chi connectivity index (χ4n) is 6.36. The Morgan fingerprint density at radius 2 is 1.72 bits per heavy atom. The third-order valence-corrected chi connectivity index (χ3v) is 8.84. The summed E-state index contributed by atoms with van der Waals surface area (Å²) in [6, 6.07) is 18.8. The van der Waals surface area contributed by atoms with Crippen molar-refractivity contribution in [1.29, 1.82) is 0 Å². The van der Waals surface area contributed by atoms with Crippen molar-refractivity contribution in [3.63, 3.8) is 0 Å². The van der Waals surface area contributed by atoms with Crippen LogP contribution in [0.1, 0.15) is 57.2 Å². The number of nitrogens with zero attached hydrogens (tertiary/aromatic N) is 4. The maximum Gasteiger partial charge on any atom is 0.223 e. The lowest BCUT2D eigenvalue weighted by Crippen LogP contribution is -2.58. The summed E-state index contributed by atoms with van der Waals surface area (Å²) < 4.78 is 0. The van der Waals surface area contributed by atoms with Crippen LogP contribution in [0.4, 0.5) is 0 Å². The van der Waals surface area contributed by atoms with E-state index in [0.717, 1.165) is 54.9 Å². The van der Waals surface area contributed by atoms with Gasteiger partial charge in [-0.1, -0.05) is 55.8 Å². The average Bonchev–Trinajstić information content (AvgIpc) is 2.94. The van der Waals surface area contributed by atoms with E-state index in [2.05, 4.69) is 65.0 Å². The van der Waals surface area contributed by atoms with Gasteiger partial charge in [-0.25, -0.2) is 0 Å². The number of pyridine rings is 1. The molecule has 206 valence electrons. The third-order valence-electron chi connectivity index (χ3n) is 8.59. The Kier molecular flexibility index (Phi) is 8.53. The molecule has 2 saturated heterocycles. The number of aromatic nitrogens is 1. The predicted octanol–water partition coefficient (Wildman–Crippen LogP) is 5.80. The Hall–Kier alpha value is -2.96. The largest absolute Gasteiger partial charge is 0.343 e. The zero-order valence-corrected chi connectivity index (χ0v) is 24.0. The molecular formula is C32H39ClN4O2. The number of piperazine rings is 1. The van der Waals surface area contributed by atoms with Gasteiger partial charge in [0.25, 0.3) is 0 Å². The summed E-state index contributed by atoms with van der Waals surface area (Å²) in [6.07, 6.45) is 4.23. The number of fused-ring (bicyclic) bond motifs is 1. The molecule has 0 spiro atoms. The number of amides is 2. The first-order chi connectivity index (χ1) is 18.8. The molecule has 3 heterocycles. The van der Waals surface area contributed by atoms with E-state index in [1.807, 2.05) is 29.3 Å². The van der Waals surface area contributed by atoms with Gasteiger partial charge in [-0.2, -0.15) is 0 Å². The van der Waals surface area contributed by atoms with E-state index in [1.165, 1.54) is 11.1 Å². The third kappa shape index (κ3) is 6.12. The molecule has 0 saturated carbocycles. The monoisotopic (exact) mass is 546 g/mol. The highest BCUT2D eigenvalue weighted by molar-refractivity contribution is 6.30. The molecule has 7 heteroatoms. The SMILES string of the molecule is CC(=O)N1CCC(CC(=O)N2CCN(C(c3ccc(Cl)cc3)c3cccc4ncccc34)C[C@@H]2C(C)C)CC1. The number of likely N-dealkylation sites (tertiary alicyclic amines) is 1. The second-order valence-electron chi connectivity index (χ2n) is 11.4. The van der Waals surface area contributed by atoms with Crippen molar-refractivity contribution in [1.82, 2.24) is 19.7 Å². The molecule has 2 aromatic carbocycles. The molecule has 2 fully saturated rings. The lowest BCUT2D eigenvalue weighted by atomic mass is 9.89. The predicted molar refractivity (Wildman–Crippen MR) is 157 cm³/mol. The highest BCUT2D eigenvalue weighted by atomic mass is 35.5. The molecule has 0 radical (unpaired) electrons. The summed E-state index contributed by atoms with van der Waals surface area (Å²) in [5.41, 5.74) is 3.40. The number of halogens is 1. The first-order valence-corrected chi connectivity index (χ1v) is 14.6. The maximum atomic E-state index is 13.6. The molecule has 2 atom stereocenters. The number of carbonyl (C=O) groups is 2. The Morgan fingerprint density at radius 3 is 2.41 bits per heavy atom. The number of benzene rings is 2. The van der Waals surface area contributed by atoms with E-state index in [9.17, 15) is 9.59 Å². The fourth-order valence-corrected chi connectivity index (χ4v) is 6.49. The van der Waals surface area contributed by atoms with E-state index in [-0.39, 0.29) is 23.9 Å². The summed E-state index contributed by atoms with van der Waals surface area (Å²) in [5.74, 6) is 1.07. The average molecular weight is 547 g/mol. The summed E-state index contributed by atoms with van der Waals surface area (Å²) in [7, 11) is 0. The van der Waals surface area contributed by atoms with E-state index < -0.39 is 0 Å². The van der Waals surface area contributed by atoms with Gasteiger partial charge in [-0.05, 0) is 60.1 Å². The summed E-state index contributed by atoms with van der Waals surface area (Å²) in [6.45, 7) is 9.90. The zero-order chi connectivity index (χ0) is 27.5. The van der Waals surface area contributed by atoms with Gasteiger partial charge in [-0.15, -0.1) is 0 Å². The number of hydrogen-bond acceptors (Lipinski definition) is 4. The van der Waals surface area contributed by atoms with Crippen LogP contribution in [0, 0.1) is 11.8 Å². The molecule has 1 aromatic heterocycles. The quantitative estimate of drug-likeness (QED) is 0.392. The van der Waals surface area contributed by atoms with Gasteiger partial charge in [-0.3, -0.25) is 19.5 Å². The van der Waals surface area contributed by atoms with Crippen LogP contribution in [0.2, 0.25) is 5.02 Å². The Morgan fingerprint density at radius 1 is 0.974 bits per heavy atom. The van der Waals surface area contributed by atoms with Gasteiger partial charge in [0.05, 0.1) is 11.6 Å². The van der Waals surface area contributed by atoms with Crippen LogP contribution in [-0.4, -0.2) is 70.3 Å². The van der Waals surface area contributed by atoms with Crippen molar-refractivity contribution >= 4 is 34.3 Å². The first-order valence-electron chi connectivity index (χ1n) is 14.2. The molecule has 1 unspecified atom stereocenters. The van der Waals surface area contributed by atoms with Gasteiger partial charge >= 0.3 is 0 Å². The van der Waals surface area contributed by atoms with E-state index in [0.29, 0.717) is 24.8 Å². The van der Waals surface area contributed by atoms with Gasteiger partial charge in [0.1, 0.15) is 0 Å². The van der Waals surface area contributed by atoms with E-state index in [1.54, 1.807) is 6.92 Å². The van der Waals surface area contributed by atoms with E-state index >= 15 is 0 Å². The van der Waals surface area contributed by atoms with Crippen molar-refractivity contribution in [3.05, 3.63) is 76.9 Å². The molecular weight excluding hydrogens is 508 g/mol. The highest BCUT2D eigenvalue weighted by Gasteiger charge is 2.37. The lowest BCUT2D eigenvalue weighted by Gasteiger charge is -2.47. The summed E-state index contributed by atoms with van der Waals surface area (Å²) in [5, 5.41) is 1.87. The molecule has 6 nitrogen and oxygen atoms in total. The molecule has 2 amide bonds. The number of piperidine rings is 1. The molecule has 0 N–H and O–H groups in total. The van der Waals surface area contributed by atoms with E-state index in [4.69, 9.17) is 11.6 Å². The molecule has 39 heavy (non-hydrogen) atoms. The molecule has 2 aliphatic heterocycles. The second kappa shape index (κ2) is 12.1. The Bertz CT molecular complexity index is 1300. The zero-order valence-electron chi connectivity index (χ0n) is 23.2. The second-order valence-corrected chi connectivity index (χ2v) is 11.9. The maximum absolute atomic E-state index is 13.6. The van der Waals surface area contributed by atoms with Gasteiger partial charge in [0.15, 0.2) is 0 Å². The number of rotatable bonds is 6. The van der Waals surface area contributed by atoms with Crippen LogP contribution in [0.15, 0.2) is 60.8 Å². The van der Waals surface area contributed by atoms with Crippen molar-refractivity contribution in [3.8, 4) is 0 Å². The molecule has 5 rings (SSSR count). The minimum Gasteiger partial charge on any atom is -0.343 e. The first kappa shape index (κ1) is 27.6. The number of carbonyl (C=O) groups excluding carboxylic acids is 2. The molecule has 2 aliphatic rings. The lowest BCUT2D eigenvalue weighted by molar-refractivity contribution is -0.139. The minimum atomic E-state index is 0.0320. The van der Waals surface area contributed by atoms with Gasteiger partial charge in [0, 0.05) is 68.7 Å². The smallest absolute Gasteiger partial charge is 0.223 e. The van der Waals surface area contributed by atoms with Crippen molar-refractivity contribution in [2.45, 2.75) is 52.1 Å². The van der Waals surface area contributed by atoms with Crippen molar-refractivity contribution in [2.24, 2.45) is 11.8 Å². The normalized spacial score (nSPS) is 20.0. The fraction of sp³-hybridized carbons (Fsp3) is 0.469. The molecule has 0 aliphatic carbocycles. The van der Waals surface area contributed by atoms with Crippen LogP contribution >= 0.6 is 11.6 Å². The summed E-state index contributed by atoms with van der Waals surface area (Å²) in [4.78, 5) is 36.5. The topological polar surface area (TPSA) is 56.8 Å². The minimum absolute atomic E-state index is 0.0320. The standard InChI is InChI=1S/C32H39ClN4O2/c1-22(2)30-21-36(18-19-37(30)31(39)20-24-13-16-35(17-14-24)23(3)38)32(25-9-11-26(33)12-10-25)28-6-4-8-29-27(28)7-5-15-34-29/h4-12,15,22,24,30,32H,13-14,16-21H2,1-3H3/t30-,32?/m1/s1. The summed E-state index contributed by atoms with van der Waals surface area (Å²) >= 11 is 6.28.